The minimum Gasteiger partial charge on any atom is -0.465 e. The number of hydrogen-bond donors (Lipinski definition) is 1. The standard InChI is InChI=1S/C14H18N2O2/c1-5-10-6-7-12(8-11(10)9-15)16(13(17)18)14(2,3)4/h6-8H,5H2,1-4H3,(H,17,18). The van der Waals surface area contributed by atoms with Crippen molar-refractivity contribution in [3.63, 3.8) is 0 Å². The second kappa shape index (κ2) is 5.09. The Balaban J connectivity index is 3.32. The van der Waals surface area contributed by atoms with Crippen LogP contribution in [0, 0.1) is 11.3 Å². The van der Waals surface area contributed by atoms with Crippen LogP contribution in [0.3, 0.4) is 0 Å². The summed E-state index contributed by atoms with van der Waals surface area (Å²) in [6.07, 6.45) is -0.262. The lowest BCUT2D eigenvalue weighted by Gasteiger charge is -2.33. The Hall–Kier alpha value is -2.02. The van der Waals surface area contributed by atoms with Crippen molar-refractivity contribution in [2.75, 3.05) is 4.90 Å². The summed E-state index contributed by atoms with van der Waals surface area (Å²) in [5.74, 6) is 0. The third-order valence-electron chi connectivity index (χ3n) is 2.72. The zero-order valence-corrected chi connectivity index (χ0v) is 11.2. The molecule has 18 heavy (non-hydrogen) atoms. The van der Waals surface area contributed by atoms with E-state index in [0.29, 0.717) is 11.3 Å². The van der Waals surface area contributed by atoms with Crippen LogP contribution in [0.25, 0.3) is 0 Å². The fraction of sp³-hybridized carbons (Fsp3) is 0.429. The second-order valence-corrected chi connectivity index (χ2v) is 5.10. The van der Waals surface area contributed by atoms with Crippen LogP contribution in [0.2, 0.25) is 0 Å². The summed E-state index contributed by atoms with van der Waals surface area (Å²) in [5, 5.41) is 18.4. The van der Waals surface area contributed by atoms with Gasteiger partial charge >= 0.3 is 6.09 Å². The SMILES string of the molecule is CCc1ccc(N(C(=O)O)C(C)(C)C)cc1C#N. The van der Waals surface area contributed by atoms with Crippen molar-refractivity contribution in [2.24, 2.45) is 0 Å². The van der Waals surface area contributed by atoms with E-state index in [-0.39, 0.29) is 0 Å². The maximum atomic E-state index is 11.3. The molecule has 4 heteroatoms. The number of carboxylic acid groups (broad SMARTS) is 1. The van der Waals surface area contributed by atoms with Gasteiger partial charge in [0, 0.05) is 11.2 Å². The van der Waals surface area contributed by atoms with Crippen LogP contribution >= 0.6 is 0 Å². The second-order valence-electron chi connectivity index (χ2n) is 5.10. The fourth-order valence-corrected chi connectivity index (χ4v) is 1.90. The average Bonchev–Trinajstić information content (AvgIpc) is 2.26. The van der Waals surface area contributed by atoms with Crippen molar-refractivity contribution >= 4 is 11.8 Å². The molecule has 0 aliphatic carbocycles. The molecule has 4 nitrogen and oxygen atoms in total. The molecular weight excluding hydrogens is 228 g/mol. The van der Waals surface area contributed by atoms with Crippen molar-refractivity contribution in [3.8, 4) is 6.07 Å². The van der Waals surface area contributed by atoms with Crippen molar-refractivity contribution in [1.29, 1.82) is 5.26 Å². The molecule has 0 atom stereocenters. The molecule has 0 radical (unpaired) electrons. The molecule has 0 bridgehead atoms. The molecule has 1 N–H and O–H groups in total. The number of nitrogens with zero attached hydrogens (tertiary/aromatic N) is 2. The van der Waals surface area contributed by atoms with Gasteiger partial charge in [-0.1, -0.05) is 13.0 Å². The summed E-state index contributed by atoms with van der Waals surface area (Å²) in [7, 11) is 0. The Morgan fingerprint density at radius 3 is 2.44 bits per heavy atom. The highest BCUT2D eigenvalue weighted by atomic mass is 16.4. The lowest BCUT2D eigenvalue weighted by Crippen LogP contribution is -2.45. The van der Waals surface area contributed by atoms with Crippen LogP contribution < -0.4 is 4.90 Å². The Morgan fingerprint density at radius 1 is 1.44 bits per heavy atom. The van der Waals surface area contributed by atoms with E-state index >= 15 is 0 Å². The first-order valence-corrected chi connectivity index (χ1v) is 5.87. The fourth-order valence-electron chi connectivity index (χ4n) is 1.90. The summed E-state index contributed by atoms with van der Waals surface area (Å²) in [5.41, 5.74) is 1.45. The van der Waals surface area contributed by atoms with E-state index in [2.05, 4.69) is 6.07 Å². The normalized spacial score (nSPS) is 10.8. The molecular formula is C14H18N2O2. The number of rotatable bonds is 2. The lowest BCUT2D eigenvalue weighted by atomic mass is 10.0. The van der Waals surface area contributed by atoms with Crippen molar-refractivity contribution < 1.29 is 9.90 Å². The van der Waals surface area contributed by atoms with E-state index in [1.807, 2.05) is 33.8 Å². The molecule has 1 aromatic rings. The molecule has 0 spiro atoms. The predicted molar refractivity (Wildman–Crippen MR) is 70.8 cm³/mol. The van der Waals surface area contributed by atoms with Crippen LogP contribution in [-0.2, 0) is 6.42 Å². The third-order valence-corrected chi connectivity index (χ3v) is 2.72. The average molecular weight is 246 g/mol. The van der Waals surface area contributed by atoms with Gasteiger partial charge in [0.25, 0.3) is 0 Å². The van der Waals surface area contributed by atoms with Gasteiger partial charge in [0.15, 0.2) is 0 Å². The zero-order chi connectivity index (χ0) is 13.9. The molecule has 1 aromatic carbocycles. The monoisotopic (exact) mass is 246 g/mol. The van der Waals surface area contributed by atoms with Gasteiger partial charge < -0.3 is 5.11 Å². The van der Waals surface area contributed by atoms with E-state index in [4.69, 9.17) is 5.26 Å². The van der Waals surface area contributed by atoms with Crippen LogP contribution in [0.1, 0.15) is 38.8 Å². The molecule has 1 amide bonds. The third kappa shape index (κ3) is 2.80. The van der Waals surface area contributed by atoms with E-state index < -0.39 is 11.6 Å². The van der Waals surface area contributed by atoms with E-state index in [9.17, 15) is 9.90 Å². The quantitative estimate of drug-likeness (QED) is 0.869. The Bertz CT molecular complexity index is 495. The first-order valence-electron chi connectivity index (χ1n) is 5.87. The molecule has 0 saturated carbocycles. The summed E-state index contributed by atoms with van der Waals surface area (Å²) in [6.45, 7) is 7.43. The van der Waals surface area contributed by atoms with Crippen molar-refractivity contribution in [1.82, 2.24) is 0 Å². The highest BCUT2D eigenvalue weighted by Crippen LogP contribution is 2.26. The minimum atomic E-state index is -1.02. The molecule has 0 aliphatic heterocycles. The van der Waals surface area contributed by atoms with Gasteiger partial charge in [0.05, 0.1) is 11.6 Å². The lowest BCUT2D eigenvalue weighted by molar-refractivity contribution is 0.195. The van der Waals surface area contributed by atoms with Crippen LogP contribution in [-0.4, -0.2) is 16.7 Å². The Labute approximate surface area is 107 Å². The van der Waals surface area contributed by atoms with Gasteiger partial charge in [-0.3, -0.25) is 4.90 Å². The minimum absolute atomic E-state index is 0.531. The molecule has 0 saturated heterocycles. The van der Waals surface area contributed by atoms with E-state index in [0.717, 1.165) is 12.0 Å². The smallest absolute Gasteiger partial charge is 0.412 e. The van der Waals surface area contributed by atoms with Crippen molar-refractivity contribution in [3.05, 3.63) is 29.3 Å². The molecule has 0 heterocycles. The van der Waals surface area contributed by atoms with Gasteiger partial charge in [0.1, 0.15) is 0 Å². The number of hydrogen-bond acceptors (Lipinski definition) is 2. The van der Waals surface area contributed by atoms with Gasteiger partial charge in [-0.05, 0) is 44.9 Å². The van der Waals surface area contributed by atoms with Crippen LogP contribution in [0.5, 0.6) is 0 Å². The van der Waals surface area contributed by atoms with E-state index in [1.54, 1.807) is 12.1 Å². The van der Waals surface area contributed by atoms with Crippen molar-refractivity contribution in [2.45, 2.75) is 39.7 Å². The first kappa shape index (κ1) is 14.0. The molecule has 0 unspecified atom stereocenters. The van der Waals surface area contributed by atoms with Gasteiger partial charge in [-0.2, -0.15) is 5.26 Å². The maximum Gasteiger partial charge on any atom is 0.412 e. The summed E-state index contributed by atoms with van der Waals surface area (Å²) in [6, 6.07) is 7.31. The number of anilines is 1. The number of carbonyl (C=O) groups is 1. The molecule has 96 valence electrons. The summed E-state index contributed by atoms with van der Waals surface area (Å²) >= 11 is 0. The van der Waals surface area contributed by atoms with Crippen LogP contribution in [0.4, 0.5) is 10.5 Å². The number of nitriles is 1. The highest BCUT2D eigenvalue weighted by Gasteiger charge is 2.28. The predicted octanol–water partition coefficient (Wildman–Crippen LogP) is 3.40. The molecule has 0 aliphatic rings. The van der Waals surface area contributed by atoms with Gasteiger partial charge in [0.2, 0.25) is 0 Å². The molecule has 1 rings (SSSR count). The highest BCUT2D eigenvalue weighted by molar-refractivity contribution is 5.87. The topological polar surface area (TPSA) is 64.3 Å². The van der Waals surface area contributed by atoms with E-state index in [1.165, 1.54) is 4.90 Å². The Kier molecular flexibility index (Phi) is 3.97. The number of benzene rings is 1. The zero-order valence-electron chi connectivity index (χ0n) is 11.2. The largest absolute Gasteiger partial charge is 0.465 e. The van der Waals surface area contributed by atoms with Gasteiger partial charge in [-0.25, -0.2) is 4.79 Å². The molecule has 0 fully saturated rings. The van der Waals surface area contributed by atoms with Gasteiger partial charge in [-0.15, -0.1) is 0 Å². The van der Waals surface area contributed by atoms with Crippen LogP contribution in [0.15, 0.2) is 18.2 Å². The number of amides is 1. The summed E-state index contributed by atoms with van der Waals surface area (Å²) < 4.78 is 0. The maximum absolute atomic E-state index is 11.3. The number of aryl methyl sites for hydroxylation is 1. The molecule has 0 aromatic heterocycles. The Morgan fingerprint density at radius 2 is 2.06 bits per heavy atom. The first-order chi connectivity index (χ1) is 8.31. The summed E-state index contributed by atoms with van der Waals surface area (Å²) in [4.78, 5) is 12.6.